The third kappa shape index (κ3) is 4.08. The summed E-state index contributed by atoms with van der Waals surface area (Å²) >= 11 is 0. The van der Waals surface area contributed by atoms with Gasteiger partial charge in [0.25, 0.3) is 0 Å². The summed E-state index contributed by atoms with van der Waals surface area (Å²) in [5.74, 6) is -11.5. The summed E-state index contributed by atoms with van der Waals surface area (Å²) < 4.78 is 67.2. The van der Waals surface area contributed by atoms with Crippen molar-refractivity contribution in [3.8, 4) is 11.3 Å². The lowest BCUT2D eigenvalue weighted by atomic mass is 10.1. The van der Waals surface area contributed by atoms with Crippen LogP contribution < -0.4 is 5.32 Å². The average molecular weight is 407 g/mol. The van der Waals surface area contributed by atoms with Crippen LogP contribution in [0.5, 0.6) is 0 Å². The van der Waals surface area contributed by atoms with Crippen molar-refractivity contribution in [1.82, 2.24) is 9.97 Å². The average Bonchev–Trinajstić information content (AvgIpc) is 2.74. The van der Waals surface area contributed by atoms with Gasteiger partial charge in [0.15, 0.2) is 29.1 Å². The molecule has 0 atom stereocenters. The van der Waals surface area contributed by atoms with Crippen molar-refractivity contribution in [2.75, 3.05) is 5.32 Å². The maximum absolute atomic E-state index is 13.8. The number of hydrogen-bond donors (Lipinski definition) is 1. The zero-order chi connectivity index (χ0) is 21.1. The highest BCUT2D eigenvalue weighted by Crippen LogP contribution is 2.24. The first-order valence-corrected chi connectivity index (χ1v) is 8.55. The van der Waals surface area contributed by atoms with E-state index in [9.17, 15) is 26.7 Å². The second-order valence-corrected chi connectivity index (χ2v) is 6.04. The van der Waals surface area contributed by atoms with E-state index in [0.717, 1.165) is 5.56 Å². The van der Waals surface area contributed by atoms with Crippen molar-refractivity contribution >= 4 is 11.7 Å². The molecule has 0 fully saturated rings. The van der Waals surface area contributed by atoms with Crippen LogP contribution in [-0.2, 0) is 17.6 Å². The standard InChI is InChI=1S/C20H14F5N3O/c1-2-12-20(26-9-13(27-12)10-6-4-3-5-7-10)28-14(29)8-11-15(21)17(23)19(25)18(24)16(11)22/h3-7,9H,2,8H2,1H3,(H,26,28,29). The fourth-order valence-corrected chi connectivity index (χ4v) is 2.67. The first-order valence-electron chi connectivity index (χ1n) is 8.55. The van der Waals surface area contributed by atoms with Gasteiger partial charge in [-0.15, -0.1) is 0 Å². The van der Waals surface area contributed by atoms with Gasteiger partial charge in [0, 0.05) is 11.1 Å². The van der Waals surface area contributed by atoms with E-state index in [0.29, 0.717) is 17.8 Å². The Kier molecular flexibility index (Phi) is 5.86. The number of carbonyl (C=O) groups is 1. The molecule has 29 heavy (non-hydrogen) atoms. The van der Waals surface area contributed by atoms with Crippen LogP contribution in [0.15, 0.2) is 36.5 Å². The van der Waals surface area contributed by atoms with E-state index in [1.54, 1.807) is 6.92 Å². The molecular formula is C20H14F5N3O. The Hall–Kier alpha value is -3.36. The molecule has 0 bridgehead atoms. The Labute approximate surface area is 162 Å². The molecule has 0 aliphatic rings. The number of aromatic nitrogens is 2. The van der Waals surface area contributed by atoms with Crippen LogP contribution in [0.2, 0.25) is 0 Å². The Morgan fingerprint density at radius 1 is 0.931 bits per heavy atom. The lowest BCUT2D eigenvalue weighted by Crippen LogP contribution is -2.20. The van der Waals surface area contributed by atoms with Crippen molar-refractivity contribution in [3.05, 3.63) is 76.9 Å². The minimum atomic E-state index is -2.28. The molecule has 3 aromatic rings. The van der Waals surface area contributed by atoms with Gasteiger partial charge in [-0.3, -0.25) is 4.79 Å². The van der Waals surface area contributed by atoms with Crippen molar-refractivity contribution in [2.24, 2.45) is 0 Å². The van der Waals surface area contributed by atoms with Gasteiger partial charge in [0.1, 0.15) is 0 Å². The molecule has 1 aromatic heterocycles. The lowest BCUT2D eigenvalue weighted by Gasteiger charge is -2.11. The van der Waals surface area contributed by atoms with Gasteiger partial charge < -0.3 is 5.32 Å². The zero-order valence-corrected chi connectivity index (χ0v) is 15.1. The predicted molar refractivity (Wildman–Crippen MR) is 95.4 cm³/mol. The fourth-order valence-electron chi connectivity index (χ4n) is 2.67. The highest BCUT2D eigenvalue weighted by molar-refractivity contribution is 5.92. The molecule has 150 valence electrons. The third-order valence-electron chi connectivity index (χ3n) is 4.15. The smallest absolute Gasteiger partial charge is 0.230 e. The molecule has 0 saturated carbocycles. The van der Waals surface area contributed by atoms with Crippen molar-refractivity contribution in [1.29, 1.82) is 0 Å². The van der Waals surface area contributed by atoms with E-state index in [1.165, 1.54) is 6.20 Å². The van der Waals surface area contributed by atoms with E-state index in [1.807, 2.05) is 30.3 Å². The molecular weight excluding hydrogens is 393 g/mol. The summed E-state index contributed by atoms with van der Waals surface area (Å²) in [4.78, 5) is 20.7. The van der Waals surface area contributed by atoms with Gasteiger partial charge >= 0.3 is 0 Å². The molecule has 1 N–H and O–H groups in total. The predicted octanol–water partition coefficient (Wildman–Crippen LogP) is 4.58. The molecule has 1 amide bonds. The molecule has 0 radical (unpaired) electrons. The molecule has 0 aliphatic heterocycles. The maximum atomic E-state index is 13.8. The fraction of sp³-hybridized carbons (Fsp3) is 0.150. The summed E-state index contributed by atoms with van der Waals surface area (Å²) in [7, 11) is 0. The summed E-state index contributed by atoms with van der Waals surface area (Å²) in [6, 6.07) is 9.13. The van der Waals surface area contributed by atoms with E-state index in [-0.39, 0.29) is 5.82 Å². The molecule has 0 unspecified atom stereocenters. The summed E-state index contributed by atoms with van der Waals surface area (Å²) in [6.45, 7) is 1.76. The number of halogens is 5. The van der Waals surface area contributed by atoms with E-state index in [4.69, 9.17) is 0 Å². The quantitative estimate of drug-likeness (QED) is 0.383. The van der Waals surface area contributed by atoms with Gasteiger partial charge in [-0.25, -0.2) is 31.9 Å². The number of nitrogens with one attached hydrogen (secondary N) is 1. The maximum Gasteiger partial charge on any atom is 0.230 e. The molecule has 0 saturated heterocycles. The minimum absolute atomic E-state index is 0.0426. The molecule has 3 rings (SSSR count). The number of benzene rings is 2. The monoisotopic (exact) mass is 407 g/mol. The van der Waals surface area contributed by atoms with Gasteiger partial charge in [-0.05, 0) is 6.42 Å². The number of rotatable bonds is 5. The van der Waals surface area contributed by atoms with Crippen LogP contribution >= 0.6 is 0 Å². The lowest BCUT2D eigenvalue weighted by molar-refractivity contribution is -0.115. The topological polar surface area (TPSA) is 54.9 Å². The first-order chi connectivity index (χ1) is 13.8. The first kappa shape index (κ1) is 20.4. The van der Waals surface area contributed by atoms with Crippen LogP contribution in [0.3, 0.4) is 0 Å². The summed E-state index contributed by atoms with van der Waals surface area (Å²) in [5, 5.41) is 2.31. The Balaban J connectivity index is 1.85. The normalized spacial score (nSPS) is 10.8. The van der Waals surface area contributed by atoms with Crippen molar-refractivity contribution in [3.63, 3.8) is 0 Å². The number of anilines is 1. The van der Waals surface area contributed by atoms with Crippen LogP contribution in [0.4, 0.5) is 27.8 Å². The zero-order valence-electron chi connectivity index (χ0n) is 15.1. The van der Waals surface area contributed by atoms with Gasteiger partial charge in [-0.1, -0.05) is 37.3 Å². The number of carbonyl (C=O) groups excluding carboxylic acids is 1. The highest BCUT2D eigenvalue weighted by atomic mass is 19.2. The Bertz CT molecular complexity index is 1040. The minimum Gasteiger partial charge on any atom is -0.309 e. The van der Waals surface area contributed by atoms with Crippen LogP contribution in [-0.4, -0.2) is 15.9 Å². The molecule has 9 heteroatoms. The van der Waals surface area contributed by atoms with Crippen LogP contribution in [0.25, 0.3) is 11.3 Å². The second kappa shape index (κ2) is 8.34. The molecule has 1 heterocycles. The van der Waals surface area contributed by atoms with Crippen molar-refractivity contribution in [2.45, 2.75) is 19.8 Å². The number of hydrogen-bond acceptors (Lipinski definition) is 3. The van der Waals surface area contributed by atoms with E-state index in [2.05, 4.69) is 15.3 Å². The second-order valence-electron chi connectivity index (χ2n) is 6.04. The van der Waals surface area contributed by atoms with Crippen LogP contribution in [0.1, 0.15) is 18.2 Å². The molecule has 2 aromatic carbocycles. The molecule has 0 spiro atoms. The van der Waals surface area contributed by atoms with Crippen molar-refractivity contribution < 1.29 is 26.7 Å². The largest absolute Gasteiger partial charge is 0.309 e. The Morgan fingerprint density at radius 2 is 1.52 bits per heavy atom. The SMILES string of the molecule is CCc1nc(-c2ccccc2)cnc1NC(=O)Cc1c(F)c(F)c(F)c(F)c1F. The molecule has 4 nitrogen and oxygen atoms in total. The summed E-state index contributed by atoms with van der Waals surface area (Å²) in [6.07, 6.45) is 0.728. The third-order valence-corrected chi connectivity index (χ3v) is 4.15. The summed E-state index contributed by atoms with van der Waals surface area (Å²) in [5.41, 5.74) is 0.539. The van der Waals surface area contributed by atoms with Crippen LogP contribution in [0, 0.1) is 29.1 Å². The molecule has 0 aliphatic carbocycles. The number of aryl methyl sites for hydroxylation is 1. The van der Waals surface area contributed by atoms with E-state index >= 15 is 0 Å². The number of nitrogens with zero attached hydrogens (tertiary/aromatic N) is 2. The van der Waals surface area contributed by atoms with Gasteiger partial charge in [-0.2, -0.15) is 0 Å². The highest BCUT2D eigenvalue weighted by Gasteiger charge is 2.27. The number of amides is 1. The van der Waals surface area contributed by atoms with E-state index < -0.39 is 47.0 Å². The Morgan fingerprint density at radius 3 is 2.10 bits per heavy atom. The van der Waals surface area contributed by atoms with Gasteiger partial charge in [0.2, 0.25) is 11.7 Å². The van der Waals surface area contributed by atoms with Gasteiger partial charge in [0.05, 0.1) is 24.0 Å².